The van der Waals surface area contributed by atoms with Crippen molar-refractivity contribution in [1.82, 2.24) is 24.9 Å². The molecule has 0 saturated heterocycles. The number of carboxylic acid groups (broad SMARTS) is 1. The van der Waals surface area contributed by atoms with Gasteiger partial charge < -0.3 is 15.9 Å². The monoisotopic (exact) mass is 395 g/mol. The molecular weight excluding hydrogens is 377 g/mol. The van der Waals surface area contributed by atoms with Crippen molar-refractivity contribution in [2.24, 2.45) is 15.6 Å². The van der Waals surface area contributed by atoms with Gasteiger partial charge in [-0.1, -0.05) is 6.07 Å². The molecule has 138 valence electrons. The number of aromatic amines is 1. The van der Waals surface area contributed by atoms with Crippen LogP contribution in [0.4, 0.5) is 5.95 Å². The summed E-state index contributed by atoms with van der Waals surface area (Å²) in [7, 11) is -1.47. The van der Waals surface area contributed by atoms with E-state index in [0.717, 1.165) is 10.6 Å². The van der Waals surface area contributed by atoms with Gasteiger partial charge in [0.15, 0.2) is 0 Å². The van der Waals surface area contributed by atoms with Gasteiger partial charge in [0.05, 0.1) is 10.6 Å². The van der Waals surface area contributed by atoms with Gasteiger partial charge in [0.1, 0.15) is 19.0 Å². The average molecular weight is 395 g/mol. The molecule has 11 nitrogen and oxygen atoms in total. The Balaban J connectivity index is 1.87. The Morgan fingerprint density at radius 3 is 3.04 bits per heavy atom. The van der Waals surface area contributed by atoms with Crippen LogP contribution in [0.5, 0.6) is 0 Å². The Bertz CT molecular complexity index is 808. The molecule has 2 aromatic rings. The van der Waals surface area contributed by atoms with E-state index in [1.165, 1.54) is 11.3 Å². The Labute approximate surface area is 154 Å². The number of rotatable bonds is 6. The van der Waals surface area contributed by atoms with E-state index in [-0.39, 0.29) is 12.6 Å². The van der Waals surface area contributed by atoms with Crippen LogP contribution in [0, 0.1) is 0 Å². The lowest BCUT2D eigenvalue weighted by molar-refractivity contribution is -0.141. The summed E-state index contributed by atoms with van der Waals surface area (Å²) in [6.07, 6.45) is 1.35. The van der Waals surface area contributed by atoms with E-state index >= 15 is 0 Å². The van der Waals surface area contributed by atoms with Gasteiger partial charge in [0, 0.05) is 0 Å². The van der Waals surface area contributed by atoms with E-state index in [0.29, 0.717) is 5.95 Å². The van der Waals surface area contributed by atoms with E-state index in [1.54, 1.807) is 22.9 Å². The summed E-state index contributed by atoms with van der Waals surface area (Å²) in [5.74, 6) is -0.374. The standard InChI is InChI=1S/C13H18N9O2PS/c1-8(10-4-3-5-26-10)18-21-7-22(9(2)11(23)24)25(19-12(21)14)20-13-15-6-16-17-13/h3-6,9H,7H2,1-2H3,(H2,14,19)(H,23,24)(H2,15,16,17,20)/t9-,25?/m0/s1. The Hall–Kier alpha value is -2.56. The lowest BCUT2D eigenvalue weighted by Gasteiger charge is -2.38. The Kier molecular flexibility index (Phi) is 5.45. The van der Waals surface area contributed by atoms with Gasteiger partial charge in [-0.2, -0.15) is 19.9 Å². The van der Waals surface area contributed by atoms with E-state index in [9.17, 15) is 9.90 Å². The van der Waals surface area contributed by atoms with Crippen molar-refractivity contribution in [1.29, 1.82) is 0 Å². The number of guanidine groups is 1. The highest BCUT2D eigenvalue weighted by Gasteiger charge is 2.35. The second kappa shape index (κ2) is 7.77. The van der Waals surface area contributed by atoms with Crippen LogP contribution in [0.3, 0.4) is 0 Å². The van der Waals surface area contributed by atoms with Crippen LogP contribution in [0.2, 0.25) is 0 Å². The van der Waals surface area contributed by atoms with Gasteiger partial charge in [0.25, 0.3) is 0 Å². The molecule has 0 spiro atoms. The van der Waals surface area contributed by atoms with Crippen molar-refractivity contribution >= 4 is 43.3 Å². The van der Waals surface area contributed by atoms with E-state index in [4.69, 9.17) is 5.73 Å². The molecule has 0 radical (unpaired) electrons. The summed E-state index contributed by atoms with van der Waals surface area (Å²) in [5.41, 5.74) is 6.84. The van der Waals surface area contributed by atoms with Crippen LogP contribution >= 0.6 is 19.7 Å². The minimum atomic E-state index is -1.47. The number of aliphatic carboxylic acids is 1. The van der Waals surface area contributed by atoms with Crippen molar-refractivity contribution in [3.05, 3.63) is 28.7 Å². The van der Waals surface area contributed by atoms with E-state index < -0.39 is 20.4 Å². The van der Waals surface area contributed by atoms with E-state index in [1.807, 2.05) is 24.4 Å². The zero-order valence-electron chi connectivity index (χ0n) is 14.1. The third-order valence-corrected chi connectivity index (χ3v) is 6.30. The van der Waals surface area contributed by atoms with Gasteiger partial charge >= 0.3 is 5.97 Å². The zero-order chi connectivity index (χ0) is 18.7. The number of anilines is 1. The maximum atomic E-state index is 11.5. The lowest BCUT2D eigenvalue weighted by atomic mass is 10.3. The first-order valence-electron chi connectivity index (χ1n) is 7.58. The topological polar surface area (TPSA) is 148 Å². The highest BCUT2D eigenvalue weighted by Crippen LogP contribution is 2.45. The van der Waals surface area contributed by atoms with Crippen molar-refractivity contribution in [2.45, 2.75) is 19.9 Å². The predicted molar refractivity (Wildman–Crippen MR) is 101 cm³/mol. The van der Waals surface area contributed by atoms with E-state index in [2.05, 4.69) is 30.1 Å². The maximum Gasteiger partial charge on any atom is 0.321 e. The molecule has 26 heavy (non-hydrogen) atoms. The zero-order valence-corrected chi connectivity index (χ0v) is 15.8. The number of hydrogen-bond donors (Lipinski definition) is 4. The molecule has 3 rings (SSSR count). The van der Waals surface area contributed by atoms with Crippen molar-refractivity contribution in [3.8, 4) is 0 Å². The molecule has 5 N–H and O–H groups in total. The summed E-state index contributed by atoms with van der Waals surface area (Å²) < 4.78 is 6.07. The summed E-state index contributed by atoms with van der Waals surface area (Å²) in [5, 5.41) is 26.9. The van der Waals surface area contributed by atoms with Crippen LogP contribution in [-0.4, -0.2) is 60.3 Å². The van der Waals surface area contributed by atoms with Gasteiger partial charge in [-0.05, 0) is 25.3 Å². The fourth-order valence-corrected chi connectivity index (χ4v) is 4.36. The van der Waals surface area contributed by atoms with Crippen LogP contribution in [0.15, 0.2) is 33.7 Å². The number of H-pyrrole nitrogens is 1. The second-order valence-corrected chi connectivity index (χ2v) is 7.81. The summed E-state index contributed by atoms with van der Waals surface area (Å²) in [4.78, 5) is 16.5. The number of carbonyl (C=O) groups is 1. The van der Waals surface area contributed by atoms with Crippen molar-refractivity contribution in [3.63, 3.8) is 0 Å². The molecule has 2 aromatic heterocycles. The van der Waals surface area contributed by atoms with Gasteiger partial charge in [-0.15, -0.1) is 11.3 Å². The molecule has 0 saturated carbocycles. The molecule has 2 atom stereocenters. The number of hydrazone groups is 1. The Morgan fingerprint density at radius 2 is 2.42 bits per heavy atom. The number of nitrogens with two attached hydrogens (primary N) is 1. The minimum absolute atomic E-state index is 0.179. The third-order valence-electron chi connectivity index (χ3n) is 3.56. The highest BCUT2D eigenvalue weighted by atomic mass is 32.1. The number of hydrogen-bond acceptors (Lipinski definition) is 10. The lowest BCUT2D eigenvalue weighted by Crippen LogP contribution is -2.49. The maximum absolute atomic E-state index is 11.5. The van der Waals surface area contributed by atoms with Crippen LogP contribution in [0.1, 0.15) is 18.7 Å². The van der Waals surface area contributed by atoms with Crippen molar-refractivity contribution < 1.29 is 9.90 Å². The average Bonchev–Trinajstić information content (AvgIpc) is 3.29. The molecule has 0 aromatic carbocycles. The summed E-state index contributed by atoms with van der Waals surface area (Å²) in [6, 6.07) is 3.09. The molecule has 1 unspecified atom stereocenters. The summed E-state index contributed by atoms with van der Waals surface area (Å²) in [6.45, 7) is 3.64. The minimum Gasteiger partial charge on any atom is -0.480 e. The Morgan fingerprint density at radius 1 is 1.62 bits per heavy atom. The highest BCUT2D eigenvalue weighted by molar-refractivity contribution is 7.55. The fourth-order valence-electron chi connectivity index (χ4n) is 2.13. The first kappa shape index (κ1) is 18.2. The smallest absolute Gasteiger partial charge is 0.321 e. The molecular formula is C13H18N9O2PS. The van der Waals surface area contributed by atoms with Crippen molar-refractivity contribution in [2.75, 3.05) is 11.8 Å². The molecule has 0 aliphatic carbocycles. The largest absolute Gasteiger partial charge is 0.480 e. The van der Waals surface area contributed by atoms with Gasteiger partial charge in [-0.25, -0.2) is 14.8 Å². The normalized spacial score (nSPS) is 19.9. The number of aromatic nitrogens is 3. The number of nitrogens with one attached hydrogen (secondary N) is 2. The molecule has 1 aliphatic rings. The fraction of sp³-hybridized carbons (Fsp3) is 0.308. The second-order valence-electron chi connectivity index (χ2n) is 5.35. The first-order chi connectivity index (χ1) is 12.5. The third kappa shape index (κ3) is 3.98. The van der Waals surface area contributed by atoms with Crippen LogP contribution < -0.4 is 10.8 Å². The number of nitrogens with zero attached hydrogens (tertiary/aromatic N) is 6. The molecule has 0 amide bonds. The molecule has 1 aliphatic heterocycles. The quantitative estimate of drug-likeness (QED) is 0.422. The predicted octanol–water partition coefficient (Wildman–Crippen LogP) is 1.29. The number of carboxylic acids is 1. The first-order valence-corrected chi connectivity index (χ1v) is 9.70. The van der Waals surface area contributed by atoms with Gasteiger partial charge in [0.2, 0.25) is 20.3 Å². The molecule has 0 bridgehead atoms. The van der Waals surface area contributed by atoms with Gasteiger partial charge in [-0.3, -0.25) is 4.79 Å². The SMILES string of the molecule is CC(=NN1CN([C@@H](C)C(=O)O)P(Nc2ncn[nH]2)N=C1N)c1cccs1. The molecule has 0 fully saturated rings. The van der Waals surface area contributed by atoms with Crippen LogP contribution in [-0.2, 0) is 4.79 Å². The molecule has 3 heterocycles. The molecule has 13 heteroatoms. The number of thiophene rings is 1. The van der Waals surface area contributed by atoms with Crippen LogP contribution in [0.25, 0.3) is 0 Å². The summed E-state index contributed by atoms with van der Waals surface area (Å²) >= 11 is 1.56.